The van der Waals surface area contributed by atoms with Crippen LogP contribution >= 0.6 is 0 Å². The van der Waals surface area contributed by atoms with Crippen molar-refractivity contribution in [1.29, 1.82) is 0 Å². The van der Waals surface area contributed by atoms with Gasteiger partial charge in [-0.2, -0.15) is 0 Å². The van der Waals surface area contributed by atoms with E-state index in [2.05, 4.69) is 10.3 Å². The number of nitro groups is 1. The lowest BCUT2D eigenvalue weighted by atomic mass is 10.1. The zero-order valence-corrected chi connectivity index (χ0v) is 9.88. The van der Waals surface area contributed by atoms with E-state index in [1.54, 1.807) is 13.8 Å². The minimum Gasteiger partial charge on any atom is -0.477 e. The lowest BCUT2D eigenvalue weighted by Crippen LogP contribution is -2.35. The molecule has 3 N–H and O–H groups in total. The van der Waals surface area contributed by atoms with Crippen LogP contribution in [0.15, 0.2) is 12.1 Å². The molecular formula is C10H13N3O5. The van der Waals surface area contributed by atoms with Crippen LogP contribution in [0.1, 0.15) is 24.3 Å². The number of hydrogen-bond donors (Lipinski definition) is 3. The Morgan fingerprint density at radius 1 is 1.56 bits per heavy atom. The lowest BCUT2D eigenvalue weighted by molar-refractivity contribution is -0.384. The number of carbonyl (C=O) groups is 1. The molecule has 1 heterocycles. The van der Waals surface area contributed by atoms with Crippen molar-refractivity contribution in [1.82, 2.24) is 4.98 Å². The first-order chi connectivity index (χ1) is 8.26. The molecule has 0 aromatic carbocycles. The van der Waals surface area contributed by atoms with Crippen LogP contribution in [0.3, 0.4) is 0 Å². The van der Waals surface area contributed by atoms with Gasteiger partial charge >= 0.3 is 11.7 Å². The zero-order chi connectivity index (χ0) is 13.9. The Balaban J connectivity index is 3.24. The number of hydrogen-bond acceptors (Lipinski definition) is 6. The van der Waals surface area contributed by atoms with Gasteiger partial charge in [0, 0.05) is 6.07 Å². The van der Waals surface area contributed by atoms with E-state index in [1.165, 1.54) is 0 Å². The number of aromatic carboxylic acids is 1. The van der Waals surface area contributed by atoms with Crippen LogP contribution in [0.25, 0.3) is 0 Å². The third-order valence-corrected chi connectivity index (χ3v) is 2.14. The second-order valence-electron chi connectivity index (χ2n) is 4.29. The summed E-state index contributed by atoms with van der Waals surface area (Å²) in [6.45, 7) is 2.92. The van der Waals surface area contributed by atoms with Crippen LogP contribution in [0.2, 0.25) is 0 Å². The molecule has 0 bridgehead atoms. The Bertz CT molecular complexity index is 486. The van der Waals surface area contributed by atoms with Gasteiger partial charge in [-0.25, -0.2) is 9.78 Å². The smallest absolute Gasteiger partial charge is 0.354 e. The Morgan fingerprint density at radius 2 is 2.17 bits per heavy atom. The molecule has 98 valence electrons. The maximum absolute atomic E-state index is 10.8. The van der Waals surface area contributed by atoms with E-state index < -0.39 is 16.4 Å². The second-order valence-corrected chi connectivity index (χ2v) is 4.29. The van der Waals surface area contributed by atoms with Crippen molar-refractivity contribution >= 4 is 17.5 Å². The molecule has 0 aliphatic heterocycles. The normalized spacial score (nSPS) is 11.1. The van der Waals surface area contributed by atoms with Gasteiger partial charge in [-0.15, -0.1) is 0 Å². The van der Waals surface area contributed by atoms with E-state index in [9.17, 15) is 14.9 Å². The van der Waals surface area contributed by atoms with Crippen molar-refractivity contribution in [2.75, 3.05) is 11.9 Å². The van der Waals surface area contributed by atoms with Crippen LogP contribution in [0.4, 0.5) is 11.5 Å². The molecule has 0 amide bonds. The Labute approximate surface area is 102 Å². The molecule has 1 aromatic rings. The minimum absolute atomic E-state index is 0.182. The van der Waals surface area contributed by atoms with E-state index in [1.807, 2.05) is 0 Å². The number of carboxylic acid groups (broad SMARTS) is 1. The van der Waals surface area contributed by atoms with Gasteiger partial charge in [0.1, 0.15) is 0 Å². The summed E-state index contributed by atoms with van der Waals surface area (Å²) >= 11 is 0. The number of anilines is 1. The summed E-state index contributed by atoms with van der Waals surface area (Å²) in [5, 5.41) is 31.3. The maximum atomic E-state index is 10.8. The summed E-state index contributed by atoms with van der Waals surface area (Å²) in [6, 6.07) is 2.11. The summed E-state index contributed by atoms with van der Waals surface area (Å²) in [4.78, 5) is 24.5. The first kappa shape index (κ1) is 13.8. The number of aliphatic hydroxyl groups is 1. The first-order valence-electron chi connectivity index (χ1n) is 5.04. The highest BCUT2D eigenvalue weighted by atomic mass is 16.6. The molecule has 1 aromatic heterocycles. The van der Waals surface area contributed by atoms with Gasteiger partial charge in [0.15, 0.2) is 5.69 Å². The van der Waals surface area contributed by atoms with Crippen molar-refractivity contribution in [2.45, 2.75) is 19.4 Å². The molecule has 0 aliphatic carbocycles. The minimum atomic E-state index is -1.28. The molecule has 18 heavy (non-hydrogen) atoms. The van der Waals surface area contributed by atoms with Crippen LogP contribution < -0.4 is 5.32 Å². The fourth-order valence-corrected chi connectivity index (χ4v) is 1.17. The predicted octanol–water partition coefficient (Wildman–Crippen LogP) is 0.871. The number of pyridine rings is 1. The maximum Gasteiger partial charge on any atom is 0.354 e. The van der Waals surface area contributed by atoms with Gasteiger partial charge in [-0.1, -0.05) is 0 Å². The fourth-order valence-electron chi connectivity index (χ4n) is 1.17. The third-order valence-electron chi connectivity index (χ3n) is 2.14. The summed E-state index contributed by atoms with van der Waals surface area (Å²) in [5.41, 5.74) is -1.51. The molecule has 8 heteroatoms. The van der Waals surface area contributed by atoms with Crippen molar-refractivity contribution in [3.63, 3.8) is 0 Å². The fraction of sp³-hybridized carbons (Fsp3) is 0.400. The molecule has 1 rings (SSSR count). The van der Waals surface area contributed by atoms with Crippen LogP contribution in [-0.2, 0) is 0 Å². The Kier molecular flexibility index (Phi) is 3.82. The van der Waals surface area contributed by atoms with E-state index in [0.717, 1.165) is 12.1 Å². The van der Waals surface area contributed by atoms with E-state index >= 15 is 0 Å². The molecule has 0 unspecified atom stereocenters. The first-order valence-corrected chi connectivity index (χ1v) is 5.04. The number of nitrogens with one attached hydrogen (secondary N) is 1. The molecule has 0 radical (unpaired) electrons. The van der Waals surface area contributed by atoms with E-state index in [4.69, 9.17) is 10.2 Å². The van der Waals surface area contributed by atoms with Crippen molar-refractivity contribution in [3.8, 4) is 0 Å². The van der Waals surface area contributed by atoms with Gasteiger partial charge in [-0.3, -0.25) is 10.1 Å². The number of aliphatic hydroxyl groups excluding tert-OH is 1. The van der Waals surface area contributed by atoms with Gasteiger partial charge in [0.2, 0.25) is 5.82 Å². The summed E-state index contributed by atoms with van der Waals surface area (Å²) in [7, 11) is 0. The standard InChI is InChI=1S/C10H13N3O5/c1-10(2,5-14)12-8-7(13(17)18)4-3-6(11-8)9(15)16/h3-4,14H,5H2,1-2H3,(H,11,12)(H,15,16). The Hall–Kier alpha value is -2.22. The SMILES string of the molecule is CC(C)(CO)Nc1nc(C(=O)O)ccc1[N+](=O)[O-]. The molecule has 0 spiro atoms. The van der Waals surface area contributed by atoms with Crippen LogP contribution in [0.5, 0.6) is 0 Å². The molecule has 0 aliphatic rings. The molecule has 0 fully saturated rings. The summed E-state index contributed by atoms with van der Waals surface area (Å²) in [6.07, 6.45) is 0. The summed E-state index contributed by atoms with van der Waals surface area (Å²) < 4.78 is 0. The van der Waals surface area contributed by atoms with Crippen LogP contribution in [-0.4, -0.2) is 38.2 Å². The van der Waals surface area contributed by atoms with Crippen molar-refractivity contribution in [3.05, 3.63) is 27.9 Å². The third kappa shape index (κ3) is 3.14. The molecule has 0 saturated carbocycles. The van der Waals surface area contributed by atoms with Gasteiger partial charge < -0.3 is 15.5 Å². The largest absolute Gasteiger partial charge is 0.477 e. The zero-order valence-electron chi connectivity index (χ0n) is 9.88. The quantitative estimate of drug-likeness (QED) is 0.526. The highest BCUT2D eigenvalue weighted by Crippen LogP contribution is 2.25. The van der Waals surface area contributed by atoms with Crippen LogP contribution in [0, 0.1) is 10.1 Å². The average molecular weight is 255 g/mol. The topological polar surface area (TPSA) is 126 Å². The molecule has 8 nitrogen and oxygen atoms in total. The Morgan fingerprint density at radius 3 is 2.61 bits per heavy atom. The molecule has 0 saturated heterocycles. The molecule has 0 atom stereocenters. The number of nitrogens with zero attached hydrogens (tertiary/aromatic N) is 2. The van der Waals surface area contributed by atoms with Crippen molar-refractivity contribution in [2.24, 2.45) is 0 Å². The monoisotopic (exact) mass is 255 g/mol. The second kappa shape index (κ2) is 4.96. The van der Waals surface area contributed by atoms with E-state index in [0.29, 0.717) is 0 Å². The average Bonchev–Trinajstić information content (AvgIpc) is 2.28. The highest BCUT2D eigenvalue weighted by molar-refractivity contribution is 5.86. The highest BCUT2D eigenvalue weighted by Gasteiger charge is 2.24. The van der Waals surface area contributed by atoms with Crippen molar-refractivity contribution < 1.29 is 19.9 Å². The lowest BCUT2D eigenvalue weighted by Gasteiger charge is -2.23. The predicted molar refractivity (Wildman–Crippen MR) is 62.6 cm³/mol. The number of aromatic nitrogens is 1. The van der Waals surface area contributed by atoms with Gasteiger partial charge in [-0.05, 0) is 19.9 Å². The molecular weight excluding hydrogens is 242 g/mol. The van der Waals surface area contributed by atoms with Gasteiger partial charge in [0.25, 0.3) is 0 Å². The number of carboxylic acids is 1. The number of rotatable bonds is 5. The van der Waals surface area contributed by atoms with Gasteiger partial charge in [0.05, 0.1) is 17.1 Å². The van der Waals surface area contributed by atoms with E-state index in [-0.39, 0.29) is 23.8 Å². The summed E-state index contributed by atoms with van der Waals surface area (Å²) in [5.74, 6) is -1.46.